The van der Waals surface area contributed by atoms with Gasteiger partial charge in [-0.15, -0.1) is 0 Å². The smallest absolute Gasteiger partial charge is 0.244 e. The van der Waals surface area contributed by atoms with Crippen LogP contribution in [0.25, 0.3) is 0 Å². The lowest BCUT2D eigenvalue weighted by molar-refractivity contribution is -0.120. The van der Waals surface area contributed by atoms with E-state index in [1.807, 2.05) is 61.5 Å². The van der Waals surface area contributed by atoms with E-state index >= 15 is 0 Å². The molecule has 0 saturated heterocycles. The summed E-state index contributed by atoms with van der Waals surface area (Å²) in [7, 11) is 1.62. The molecule has 0 aliphatic heterocycles. The van der Waals surface area contributed by atoms with Gasteiger partial charge in [0.1, 0.15) is 5.75 Å². The van der Waals surface area contributed by atoms with Crippen LogP contribution in [0.4, 0.5) is 0 Å². The predicted molar refractivity (Wildman–Crippen MR) is 88.2 cm³/mol. The number of carbonyl (C=O) groups is 1. The minimum absolute atomic E-state index is 0.137. The molecule has 4 nitrogen and oxygen atoms in total. The van der Waals surface area contributed by atoms with E-state index in [0.717, 1.165) is 16.9 Å². The maximum atomic E-state index is 11.8. The van der Waals surface area contributed by atoms with Crippen LogP contribution in [-0.2, 0) is 11.2 Å². The summed E-state index contributed by atoms with van der Waals surface area (Å²) in [6, 6.07) is 17.4. The minimum atomic E-state index is -0.137. The van der Waals surface area contributed by atoms with Crippen LogP contribution in [0.15, 0.2) is 59.7 Å². The van der Waals surface area contributed by atoms with Gasteiger partial charge in [-0.05, 0) is 23.3 Å². The van der Waals surface area contributed by atoms with E-state index in [4.69, 9.17) is 4.74 Å². The zero-order valence-corrected chi connectivity index (χ0v) is 12.8. The Bertz CT molecular complexity index is 621. The molecule has 2 rings (SSSR count). The van der Waals surface area contributed by atoms with Gasteiger partial charge in [-0.1, -0.05) is 49.4 Å². The first-order chi connectivity index (χ1) is 10.7. The fourth-order valence-electron chi connectivity index (χ4n) is 2.03. The van der Waals surface area contributed by atoms with Crippen molar-refractivity contribution in [3.05, 3.63) is 65.7 Å². The summed E-state index contributed by atoms with van der Waals surface area (Å²) < 4.78 is 5.08. The lowest BCUT2D eigenvalue weighted by Crippen LogP contribution is -2.20. The van der Waals surface area contributed by atoms with E-state index < -0.39 is 0 Å². The highest BCUT2D eigenvalue weighted by Gasteiger charge is 2.04. The quantitative estimate of drug-likeness (QED) is 0.657. The van der Waals surface area contributed by atoms with E-state index in [1.54, 1.807) is 13.3 Å². The number of rotatable bonds is 6. The van der Waals surface area contributed by atoms with E-state index in [-0.39, 0.29) is 11.8 Å². The second-order valence-corrected chi connectivity index (χ2v) is 5.04. The van der Waals surface area contributed by atoms with Crippen molar-refractivity contribution in [2.45, 2.75) is 19.3 Å². The van der Waals surface area contributed by atoms with E-state index in [2.05, 4.69) is 10.5 Å². The number of hydrogen-bond acceptors (Lipinski definition) is 3. The lowest BCUT2D eigenvalue weighted by Gasteiger charge is -2.06. The van der Waals surface area contributed by atoms with Crippen LogP contribution in [0.5, 0.6) is 5.75 Å². The third kappa shape index (κ3) is 4.74. The zero-order valence-electron chi connectivity index (χ0n) is 12.8. The van der Waals surface area contributed by atoms with Crippen molar-refractivity contribution in [3.8, 4) is 5.75 Å². The molecule has 0 fully saturated rings. The fourth-order valence-corrected chi connectivity index (χ4v) is 2.03. The Morgan fingerprint density at radius 1 is 1.18 bits per heavy atom. The molecule has 2 aromatic rings. The molecule has 1 unspecified atom stereocenters. The molecule has 0 aromatic heterocycles. The highest BCUT2D eigenvalue weighted by atomic mass is 16.5. The van der Waals surface area contributed by atoms with Crippen molar-refractivity contribution in [2.75, 3.05) is 7.11 Å². The van der Waals surface area contributed by atoms with E-state index in [9.17, 15) is 4.79 Å². The molecule has 1 N–H and O–H groups in total. The van der Waals surface area contributed by atoms with Crippen molar-refractivity contribution in [2.24, 2.45) is 5.10 Å². The summed E-state index contributed by atoms with van der Waals surface area (Å²) >= 11 is 0. The lowest BCUT2D eigenvalue weighted by atomic mass is 10.0. The number of benzene rings is 2. The Labute approximate surface area is 130 Å². The maximum absolute atomic E-state index is 11.8. The Balaban J connectivity index is 1.83. The van der Waals surface area contributed by atoms with Crippen LogP contribution < -0.4 is 10.2 Å². The molecule has 1 amide bonds. The van der Waals surface area contributed by atoms with Gasteiger partial charge in [0, 0.05) is 12.1 Å². The number of methoxy groups -OCH3 is 1. The molecular formula is C18H20N2O2. The molecule has 2 aromatic carbocycles. The van der Waals surface area contributed by atoms with Gasteiger partial charge in [-0.25, -0.2) is 5.43 Å². The van der Waals surface area contributed by atoms with Gasteiger partial charge in [-0.3, -0.25) is 4.79 Å². The zero-order chi connectivity index (χ0) is 15.8. The Morgan fingerprint density at radius 3 is 2.50 bits per heavy atom. The van der Waals surface area contributed by atoms with Crippen LogP contribution in [0.1, 0.15) is 24.0 Å². The Hall–Kier alpha value is -2.62. The summed E-state index contributed by atoms with van der Waals surface area (Å²) in [5.41, 5.74) is 4.64. The Morgan fingerprint density at radius 2 is 1.86 bits per heavy atom. The minimum Gasteiger partial charge on any atom is -0.497 e. The molecule has 114 valence electrons. The average molecular weight is 296 g/mol. The van der Waals surface area contributed by atoms with Gasteiger partial charge in [-0.2, -0.15) is 5.10 Å². The van der Waals surface area contributed by atoms with Crippen LogP contribution in [0, 0.1) is 0 Å². The normalized spacial score (nSPS) is 12.1. The Kier molecular flexibility index (Phi) is 5.72. The van der Waals surface area contributed by atoms with E-state index in [0.29, 0.717) is 6.42 Å². The number of carbonyl (C=O) groups excluding carboxylic acids is 1. The number of ether oxygens (including phenoxy) is 1. The van der Waals surface area contributed by atoms with Crippen LogP contribution in [-0.4, -0.2) is 19.2 Å². The molecule has 0 saturated carbocycles. The largest absolute Gasteiger partial charge is 0.497 e. The molecule has 0 aliphatic rings. The van der Waals surface area contributed by atoms with Gasteiger partial charge in [0.05, 0.1) is 13.5 Å². The number of hydrazone groups is 1. The summed E-state index contributed by atoms with van der Waals surface area (Å²) in [5, 5.41) is 4.03. The summed E-state index contributed by atoms with van der Waals surface area (Å²) in [6.07, 6.45) is 2.03. The molecule has 0 aliphatic carbocycles. The topological polar surface area (TPSA) is 50.7 Å². The summed E-state index contributed by atoms with van der Waals surface area (Å²) in [6.45, 7) is 2.04. The molecule has 0 heterocycles. The molecule has 0 spiro atoms. The van der Waals surface area contributed by atoms with Gasteiger partial charge in [0.15, 0.2) is 0 Å². The van der Waals surface area contributed by atoms with Crippen molar-refractivity contribution >= 4 is 12.1 Å². The van der Waals surface area contributed by atoms with Crippen molar-refractivity contribution in [3.63, 3.8) is 0 Å². The number of nitrogens with one attached hydrogen (secondary N) is 1. The first-order valence-corrected chi connectivity index (χ1v) is 7.19. The molecule has 1 atom stereocenters. The highest BCUT2D eigenvalue weighted by Crippen LogP contribution is 2.12. The number of amides is 1. The van der Waals surface area contributed by atoms with Crippen molar-refractivity contribution in [1.82, 2.24) is 5.43 Å². The van der Waals surface area contributed by atoms with Crippen LogP contribution in [0.3, 0.4) is 0 Å². The molecule has 0 bridgehead atoms. The third-order valence-electron chi connectivity index (χ3n) is 3.34. The highest BCUT2D eigenvalue weighted by molar-refractivity contribution is 5.79. The maximum Gasteiger partial charge on any atom is 0.244 e. The number of hydrogen-bond donors (Lipinski definition) is 1. The monoisotopic (exact) mass is 296 g/mol. The molecule has 4 heteroatoms. The summed E-state index contributed by atoms with van der Waals surface area (Å²) in [5.74, 6) is 0.794. The van der Waals surface area contributed by atoms with Crippen molar-refractivity contribution in [1.29, 1.82) is 0 Å². The van der Waals surface area contributed by atoms with Gasteiger partial charge >= 0.3 is 0 Å². The first kappa shape index (κ1) is 15.8. The molecule has 22 heavy (non-hydrogen) atoms. The summed E-state index contributed by atoms with van der Waals surface area (Å²) in [4.78, 5) is 11.8. The van der Waals surface area contributed by atoms with Crippen LogP contribution in [0.2, 0.25) is 0 Å². The third-order valence-corrected chi connectivity index (χ3v) is 3.34. The first-order valence-electron chi connectivity index (χ1n) is 7.19. The van der Waals surface area contributed by atoms with Gasteiger partial charge in [0.25, 0.3) is 0 Å². The second-order valence-electron chi connectivity index (χ2n) is 5.04. The molecular weight excluding hydrogens is 276 g/mol. The second kappa shape index (κ2) is 7.98. The average Bonchev–Trinajstić information content (AvgIpc) is 2.56. The van der Waals surface area contributed by atoms with Gasteiger partial charge in [0.2, 0.25) is 5.91 Å². The standard InChI is InChI=1S/C18H20N2O2/c1-14(16-6-4-3-5-7-16)13-19-20-18(21)12-15-8-10-17(22-2)11-9-15/h3-11,13-14H,12H2,1-2H3,(H,20,21). The van der Waals surface area contributed by atoms with Crippen LogP contribution >= 0.6 is 0 Å². The molecule has 0 radical (unpaired) electrons. The van der Waals surface area contributed by atoms with E-state index in [1.165, 1.54) is 0 Å². The van der Waals surface area contributed by atoms with Crippen molar-refractivity contribution < 1.29 is 9.53 Å². The number of nitrogens with zero attached hydrogens (tertiary/aromatic N) is 1. The van der Waals surface area contributed by atoms with Gasteiger partial charge < -0.3 is 4.74 Å². The SMILES string of the molecule is COc1ccc(CC(=O)NN=CC(C)c2ccccc2)cc1. The predicted octanol–water partition coefficient (Wildman–Crippen LogP) is 3.14. The fraction of sp³-hybridized carbons (Fsp3) is 0.222.